The quantitative estimate of drug-likeness (QED) is 0.576. The molecular formula is C9H12N2OS. The summed E-state index contributed by atoms with van der Waals surface area (Å²) in [6, 6.07) is 3.19. The van der Waals surface area contributed by atoms with Crippen molar-refractivity contribution in [2.75, 3.05) is 5.75 Å². The van der Waals surface area contributed by atoms with E-state index in [1.54, 1.807) is 18.3 Å². The van der Waals surface area contributed by atoms with Gasteiger partial charge in [0.15, 0.2) is 0 Å². The lowest BCUT2D eigenvalue weighted by Gasteiger charge is -2.03. The number of aromatic hydroxyl groups is 1. The molecule has 0 amide bonds. The van der Waals surface area contributed by atoms with Gasteiger partial charge in [0.1, 0.15) is 16.5 Å². The standard InChI is InChI=1S/C9H12N2OS/c1-2-6-13-9(10)8-7(12)4-3-5-11-8/h3-5,10,12H,2,6H2,1H3. The number of aromatic nitrogens is 1. The van der Waals surface area contributed by atoms with E-state index in [9.17, 15) is 5.11 Å². The predicted molar refractivity (Wildman–Crippen MR) is 55.5 cm³/mol. The predicted octanol–water partition coefficient (Wildman–Crippen LogP) is 2.26. The van der Waals surface area contributed by atoms with Crippen molar-refractivity contribution in [3.8, 4) is 5.75 Å². The first-order valence-corrected chi connectivity index (χ1v) is 5.10. The molecule has 1 rings (SSSR count). The summed E-state index contributed by atoms with van der Waals surface area (Å²) in [5, 5.41) is 17.3. The molecule has 1 aromatic heterocycles. The molecule has 0 radical (unpaired) electrons. The number of hydrogen-bond acceptors (Lipinski definition) is 4. The largest absolute Gasteiger partial charge is 0.506 e. The van der Waals surface area contributed by atoms with E-state index in [0.717, 1.165) is 12.2 Å². The Morgan fingerprint density at radius 1 is 1.69 bits per heavy atom. The zero-order valence-electron chi connectivity index (χ0n) is 7.45. The zero-order valence-corrected chi connectivity index (χ0v) is 8.27. The summed E-state index contributed by atoms with van der Waals surface area (Å²) in [7, 11) is 0. The highest BCUT2D eigenvalue weighted by Crippen LogP contribution is 2.19. The number of rotatable bonds is 3. The second kappa shape index (κ2) is 4.87. The first-order valence-electron chi connectivity index (χ1n) is 4.11. The van der Waals surface area contributed by atoms with E-state index in [1.807, 2.05) is 0 Å². The Balaban J connectivity index is 2.71. The summed E-state index contributed by atoms with van der Waals surface area (Å²) in [5.74, 6) is 0.964. The van der Waals surface area contributed by atoms with Crippen molar-refractivity contribution in [3.05, 3.63) is 24.0 Å². The fraction of sp³-hybridized carbons (Fsp3) is 0.333. The van der Waals surface area contributed by atoms with Crippen LogP contribution in [0.25, 0.3) is 0 Å². The van der Waals surface area contributed by atoms with Gasteiger partial charge in [-0.25, -0.2) is 0 Å². The second-order valence-corrected chi connectivity index (χ2v) is 3.65. The summed E-state index contributed by atoms with van der Waals surface area (Å²) in [6.45, 7) is 2.05. The fourth-order valence-electron chi connectivity index (χ4n) is 0.844. The van der Waals surface area contributed by atoms with E-state index in [4.69, 9.17) is 5.41 Å². The molecule has 0 saturated heterocycles. The Bertz CT molecular complexity index is 301. The van der Waals surface area contributed by atoms with Crippen molar-refractivity contribution in [1.82, 2.24) is 4.98 Å². The van der Waals surface area contributed by atoms with Crippen LogP contribution in [0.3, 0.4) is 0 Å². The van der Waals surface area contributed by atoms with E-state index >= 15 is 0 Å². The average molecular weight is 196 g/mol. The van der Waals surface area contributed by atoms with Gasteiger partial charge in [0.25, 0.3) is 0 Å². The molecule has 0 saturated carbocycles. The van der Waals surface area contributed by atoms with Crippen LogP contribution in [0.1, 0.15) is 19.0 Å². The van der Waals surface area contributed by atoms with Gasteiger partial charge in [-0.2, -0.15) is 0 Å². The van der Waals surface area contributed by atoms with E-state index in [0.29, 0.717) is 10.7 Å². The molecule has 0 aliphatic rings. The smallest absolute Gasteiger partial charge is 0.143 e. The molecule has 1 heterocycles. The normalized spacial score (nSPS) is 9.92. The van der Waals surface area contributed by atoms with Crippen LogP contribution in [-0.2, 0) is 0 Å². The van der Waals surface area contributed by atoms with Gasteiger partial charge in [-0.05, 0) is 24.3 Å². The summed E-state index contributed by atoms with van der Waals surface area (Å²) < 4.78 is 0. The topological polar surface area (TPSA) is 57.0 Å². The van der Waals surface area contributed by atoms with Crippen molar-refractivity contribution in [1.29, 1.82) is 5.41 Å². The molecule has 4 heteroatoms. The molecule has 0 bridgehead atoms. The zero-order chi connectivity index (χ0) is 9.68. The molecule has 0 atom stereocenters. The van der Waals surface area contributed by atoms with Crippen LogP contribution in [0.2, 0.25) is 0 Å². The van der Waals surface area contributed by atoms with Crippen molar-refractivity contribution in [2.24, 2.45) is 0 Å². The maximum absolute atomic E-state index is 9.36. The molecule has 1 aromatic rings. The number of hydrogen-bond donors (Lipinski definition) is 2. The Labute approximate surface area is 81.7 Å². The molecule has 0 unspecified atom stereocenters. The van der Waals surface area contributed by atoms with Crippen LogP contribution >= 0.6 is 11.8 Å². The van der Waals surface area contributed by atoms with Gasteiger partial charge in [0.2, 0.25) is 0 Å². The molecule has 0 aliphatic carbocycles. The minimum atomic E-state index is 0.0797. The van der Waals surface area contributed by atoms with Gasteiger partial charge in [0, 0.05) is 6.20 Å². The van der Waals surface area contributed by atoms with E-state index in [2.05, 4.69) is 11.9 Å². The van der Waals surface area contributed by atoms with Gasteiger partial charge in [-0.3, -0.25) is 10.4 Å². The fourth-order valence-corrected chi connectivity index (χ4v) is 1.55. The average Bonchev–Trinajstić information content (AvgIpc) is 2.15. The van der Waals surface area contributed by atoms with Crippen LogP contribution in [0.5, 0.6) is 5.75 Å². The van der Waals surface area contributed by atoms with Gasteiger partial charge >= 0.3 is 0 Å². The van der Waals surface area contributed by atoms with E-state index < -0.39 is 0 Å². The molecule has 2 N–H and O–H groups in total. The number of thioether (sulfide) groups is 1. The van der Waals surface area contributed by atoms with Crippen molar-refractivity contribution < 1.29 is 5.11 Å². The highest BCUT2D eigenvalue weighted by molar-refractivity contribution is 8.14. The SMILES string of the molecule is CCCSC(=N)c1ncccc1O. The lowest BCUT2D eigenvalue weighted by molar-refractivity contribution is 0.471. The Hall–Kier alpha value is -1.03. The van der Waals surface area contributed by atoms with Gasteiger partial charge in [-0.15, -0.1) is 11.8 Å². The minimum absolute atomic E-state index is 0.0797. The third-order valence-corrected chi connectivity index (χ3v) is 2.55. The molecule has 0 aromatic carbocycles. The van der Waals surface area contributed by atoms with Crippen LogP contribution in [0, 0.1) is 5.41 Å². The highest BCUT2D eigenvalue weighted by atomic mass is 32.2. The lowest BCUT2D eigenvalue weighted by Crippen LogP contribution is -1.98. The monoisotopic (exact) mass is 196 g/mol. The van der Waals surface area contributed by atoms with E-state index in [-0.39, 0.29) is 5.75 Å². The molecule has 0 fully saturated rings. The van der Waals surface area contributed by atoms with Gasteiger partial charge in [0.05, 0.1) is 0 Å². The summed E-state index contributed by atoms with van der Waals surface area (Å²) >= 11 is 1.40. The van der Waals surface area contributed by atoms with Gasteiger partial charge in [-0.1, -0.05) is 6.92 Å². The highest BCUT2D eigenvalue weighted by Gasteiger charge is 2.07. The molecule has 70 valence electrons. The molecular weight excluding hydrogens is 184 g/mol. The second-order valence-electron chi connectivity index (χ2n) is 2.55. The Kier molecular flexibility index (Phi) is 3.76. The lowest BCUT2D eigenvalue weighted by atomic mass is 10.3. The number of nitrogens with one attached hydrogen (secondary N) is 1. The maximum Gasteiger partial charge on any atom is 0.143 e. The molecule has 0 spiro atoms. The number of nitrogens with zero attached hydrogens (tertiary/aromatic N) is 1. The van der Waals surface area contributed by atoms with Crippen LogP contribution in [0.15, 0.2) is 18.3 Å². The number of pyridine rings is 1. The first kappa shape index (κ1) is 10.1. The molecule has 3 nitrogen and oxygen atoms in total. The molecule has 0 aliphatic heterocycles. The van der Waals surface area contributed by atoms with Gasteiger partial charge < -0.3 is 5.11 Å². The summed E-state index contributed by atoms with van der Waals surface area (Å²) in [6.07, 6.45) is 2.59. The first-order chi connectivity index (χ1) is 6.25. The third-order valence-electron chi connectivity index (χ3n) is 1.45. The minimum Gasteiger partial charge on any atom is -0.506 e. The van der Waals surface area contributed by atoms with E-state index in [1.165, 1.54) is 11.8 Å². The molecule has 13 heavy (non-hydrogen) atoms. The third kappa shape index (κ3) is 2.73. The van der Waals surface area contributed by atoms with Crippen molar-refractivity contribution >= 4 is 16.8 Å². The summed E-state index contributed by atoms with van der Waals surface area (Å²) in [4.78, 5) is 3.94. The summed E-state index contributed by atoms with van der Waals surface area (Å²) in [5.41, 5.74) is 0.376. The van der Waals surface area contributed by atoms with Crippen LogP contribution in [0.4, 0.5) is 0 Å². The van der Waals surface area contributed by atoms with Crippen LogP contribution in [-0.4, -0.2) is 20.9 Å². The van der Waals surface area contributed by atoms with Crippen molar-refractivity contribution in [3.63, 3.8) is 0 Å². The Morgan fingerprint density at radius 3 is 3.08 bits per heavy atom. The van der Waals surface area contributed by atoms with Crippen LogP contribution < -0.4 is 0 Å². The Morgan fingerprint density at radius 2 is 2.46 bits per heavy atom. The maximum atomic E-state index is 9.36. The van der Waals surface area contributed by atoms with Crippen molar-refractivity contribution in [2.45, 2.75) is 13.3 Å².